The van der Waals surface area contributed by atoms with E-state index in [1.807, 2.05) is 0 Å². The Morgan fingerprint density at radius 2 is 0.794 bits per heavy atom. The molecule has 0 saturated heterocycles. The Morgan fingerprint density at radius 1 is 0.441 bits per heavy atom. The minimum atomic E-state index is -2.11. The van der Waals surface area contributed by atoms with Crippen LogP contribution in [0.3, 0.4) is 0 Å². The lowest BCUT2D eigenvalue weighted by molar-refractivity contribution is 0.356. The van der Waals surface area contributed by atoms with Crippen LogP contribution < -0.4 is 13.6 Å². The zero-order valence-electron chi connectivity index (χ0n) is 47.9. The first kappa shape index (κ1) is 55.4. The van der Waals surface area contributed by atoms with Crippen molar-refractivity contribution in [1.29, 1.82) is 0 Å². The molecule has 5 rings (SSSR count). The van der Waals surface area contributed by atoms with Crippen molar-refractivity contribution in [2.24, 2.45) is 0 Å². The van der Waals surface area contributed by atoms with E-state index in [0.717, 1.165) is 65.2 Å². The quantitative estimate of drug-likeness (QED) is 0.144. The summed E-state index contributed by atoms with van der Waals surface area (Å²) in [6.45, 7) is 57.4. The fourth-order valence-corrected chi connectivity index (χ4v) is 10.3. The van der Waals surface area contributed by atoms with Gasteiger partial charge in [0.1, 0.15) is 23.0 Å². The summed E-state index contributed by atoms with van der Waals surface area (Å²) in [4.78, 5) is 0. The lowest BCUT2D eigenvalue weighted by Gasteiger charge is -2.38. The predicted molar refractivity (Wildman–Crippen MR) is 295 cm³/mol. The van der Waals surface area contributed by atoms with Crippen molar-refractivity contribution in [3.05, 3.63) is 115 Å². The lowest BCUT2D eigenvalue weighted by atomic mass is 9.72. The minimum Gasteiger partial charge on any atom is -0.507 e. The molecule has 0 amide bonds. The average molecular weight is 947 g/mol. The molecule has 0 aromatic heterocycles. The maximum Gasteiger partial charge on any atom is 0.530 e. The molecule has 1 N–H and O–H groups in total. The van der Waals surface area contributed by atoms with Gasteiger partial charge in [-0.25, -0.2) is 0 Å². The second-order valence-corrected chi connectivity index (χ2v) is 28.3. The fourth-order valence-electron chi connectivity index (χ4n) is 9.13. The molecule has 4 nitrogen and oxygen atoms in total. The summed E-state index contributed by atoms with van der Waals surface area (Å²) in [6, 6.07) is 18.9. The topological polar surface area (TPSA) is 47.9 Å². The van der Waals surface area contributed by atoms with Crippen LogP contribution in [0.25, 0.3) is 0 Å². The first-order valence-electron chi connectivity index (χ1n) is 26.1. The zero-order valence-corrected chi connectivity index (χ0v) is 48.7. The maximum absolute atomic E-state index is 12.3. The van der Waals surface area contributed by atoms with Crippen LogP contribution in [-0.4, -0.2) is 5.11 Å². The van der Waals surface area contributed by atoms with Crippen molar-refractivity contribution in [3.63, 3.8) is 0 Å². The van der Waals surface area contributed by atoms with E-state index in [2.05, 4.69) is 222 Å². The average Bonchev–Trinajstić information content (AvgIpc) is 3.22. The summed E-state index contributed by atoms with van der Waals surface area (Å²) in [5.74, 6) is 2.85. The van der Waals surface area contributed by atoms with E-state index in [1.165, 1.54) is 44.5 Å². The van der Waals surface area contributed by atoms with Crippen molar-refractivity contribution >= 4 is 8.60 Å². The van der Waals surface area contributed by atoms with Gasteiger partial charge in [-0.2, -0.15) is 0 Å². The van der Waals surface area contributed by atoms with Crippen molar-refractivity contribution < 1.29 is 18.7 Å². The molecule has 1 aliphatic rings. The van der Waals surface area contributed by atoms with Gasteiger partial charge in [0.25, 0.3) is 0 Å². The number of rotatable bonds is 12. The third kappa shape index (κ3) is 11.3. The van der Waals surface area contributed by atoms with Crippen LogP contribution in [0.5, 0.6) is 23.0 Å². The molecule has 1 aliphatic heterocycles. The standard InChI is InChI=1S/C63H95O4P/c1-26-60(18,19)44-33-46-39(5)47-34-45(61(20,21)27-2)38-51(63(24,25)29-4)55(47)67-68(66-54(46)50(37-44)62(22,23)28-3)65-53-41(32-43(57(9,10)11)36-49(53)59(15,16)17)30-40-31-42(56(6,7)8)35-48(52(40)64)58(12,13)14/h31-39,64H,26-30H2,1-25H3. The molecule has 0 unspecified atom stereocenters. The Labute approximate surface area is 418 Å². The third-order valence-corrected chi connectivity index (χ3v) is 17.3. The number of phenols is 1. The summed E-state index contributed by atoms with van der Waals surface area (Å²) in [5.41, 5.74) is 12.4. The largest absolute Gasteiger partial charge is 0.530 e. The molecular weight excluding hydrogens is 852 g/mol. The molecule has 4 aromatic carbocycles. The van der Waals surface area contributed by atoms with Crippen LogP contribution in [0, 0.1) is 0 Å². The SMILES string of the molecule is CCC(C)(C)c1cc2c(c(C(C)(C)CC)c1)OP(Oc1c(Cc3cc(C(C)(C)C)cc(C(C)(C)C)c3O)cc(C(C)(C)C)cc1C(C)(C)C)Oc1c(cc(C(C)(C)CC)cc1C(C)(C)CC)C2C. The Hall–Kier alpha value is -3.49. The van der Waals surface area contributed by atoms with Crippen LogP contribution in [0.1, 0.15) is 271 Å². The minimum absolute atomic E-state index is 0.0305. The highest BCUT2D eigenvalue weighted by atomic mass is 31.2. The molecule has 1 heterocycles. The summed E-state index contributed by atoms with van der Waals surface area (Å²) in [6.07, 6.45) is 4.38. The smallest absolute Gasteiger partial charge is 0.507 e. The maximum atomic E-state index is 12.3. The molecule has 0 aliphatic carbocycles. The van der Waals surface area contributed by atoms with Crippen LogP contribution >= 0.6 is 8.60 Å². The van der Waals surface area contributed by atoms with E-state index >= 15 is 0 Å². The number of hydrogen-bond acceptors (Lipinski definition) is 4. The van der Waals surface area contributed by atoms with Gasteiger partial charge >= 0.3 is 8.60 Å². The molecule has 5 heteroatoms. The second kappa shape index (κ2) is 18.9. The van der Waals surface area contributed by atoms with Gasteiger partial charge in [-0.05, 0) is 108 Å². The molecule has 0 fully saturated rings. The molecular formula is C63H95O4P. The number of aromatic hydroxyl groups is 1. The Balaban J connectivity index is 1.97. The number of benzene rings is 4. The summed E-state index contributed by atoms with van der Waals surface area (Å²) >= 11 is 0. The van der Waals surface area contributed by atoms with E-state index in [1.54, 1.807) is 0 Å². The van der Waals surface area contributed by atoms with Crippen LogP contribution in [0.4, 0.5) is 0 Å². The van der Waals surface area contributed by atoms with E-state index in [9.17, 15) is 5.11 Å². The molecule has 0 radical (unpaired) electrons. The number of fused-ring (bicyclic) bond motifs is 2. The Bertz CT molecular complexity index is 2380. The van der Waals surface area contributed by atoms with Gasteiger partial charge in [-0.1, -0.05) is 222 Å². The molecule has 68 heavy (non-hydrogen) atoms. The van der Waals surface area contributed by atoms with Gasteiger partial charge < -0.3 is 18.7 Å². The zero-order chi connectivity index (χ0) is 51.7. The van der Waals surface area contributed by atoms with Gasteiger partial charge in [0, 0.05) is 40.2 Å². The van der Waals surface area contributed by atoms with Gasteiger partial charge in [0.15, 0.2) is 0 Å². The van der Waals surface area contributed by atoms with Crippen molar-refractivity contribution in [1.82, 2.24) is 0 Å². The monoisotopic (exact) mass is 947 g/mol. The van der Waals surface area contributed by atoms with Crippen molar-refractivity contribution in [3.8, 4) is 23.0 Å². The Kier molecular flexibility index (Phi) is 15.4. The number of phenolic OH excluding ortho intramolecular Hbond substituents is 1. The molecule has 0 saturated carbocycles. The summed E-state index contributed by atoms with van der Waals surface area (Å²) in [7, 11) is -2.11. The highest BCUT2D eigenvalue weighted by Gasteiger charge is 2.41. The lowest BCUT2D eigenvalue weighted by Crippen LogP contribution is -2.26. The summed E-state index contributed by atoms with van der Waals surface area (Å²) in [5, 5.41) is 12.3. The van der Waals surface area contributed by atoms with Gasteiger partial charge in [0.05, 0.1) is 0 Å². The highest BCUT2D eigenvalue weighted by Crippen LogP contribution is 2.58. The predicted octanol–water partition coefficient (Wildman–Crippen LogP) is 19.2. The van der Waals surface area contributed by atoms with Gasteiger partial charge in [0.2, 0.25) is 0 Å². The molecule has 376 valence electrons. The Morgan fingerprint density at radius 3 is 1.15 bits per heavy atom. The van der Waals surface area contributed by atoms with Crippen LogP contribution in [0.2, 0.25) is 0 Å². The highest BCUT2D eigenvalue weighted by molar-refractivity contribution is 7.43. The van der Waals surface area contributed by atoms with Crippen molar-refractivity contribution in [2.45, 2.75) is 254 Å². The molecule has 0 spiro atoms. The molecule has 0 bridgehead atoms. The van der Waals surface area contributed by atoms with E-state index < -0.39 is 8.60 Å². The first-order chi connectivity index (χ1) is 30.8. The normalized spacial score (nSPS) is 16.6. The summed E-state index contributed by atoms with van der Waals surface area (Å²) < 4.78 is 22.9. The fraction of sp³-hybridized carbons (Fsp3) is 0.619. The van der Waals surface area contributed by atoms with E-state index in [0.29, 0.717) is 12.2 Å². The van der Waals surface area contributed by atoms with Crippen LogP contribution in [-0.2, 0) is 49.7 Å². The molecule has 4 aromatic rings. The first-order valence-corrected chi connectivity index (χ1v) is 27.2. The second-order valence-electron chi connectivity index (χ2n) is 27.3. The van der Waals surface area contributed by atoms with Crippen molar-refractivity contribution in [2.75, 3.05) is 0 Å². The van der Waals surface area contributed by atoms with Crippen LogP contribution in [0.15, 0.2) is 48.5 Å². The third-order valence-electron chi connectivity index (χ3n) is 16.3. The van der Waals surface area contributed by atoms with E-state index in [4.69, 9.17) is 13.6 Å². The number of hydrogen-bond donors (Lipinski definition) is 1. The van der Waals surface area contributed by atoms with Gasteiger partial charge in [-0.3, -0.25) is 0 Å². The van der Waals surface area contributed by atoms with Gasteiger partial charge in [-0.15, -0.1) is 0 Å². The molecule has 0 atom stereocenters. The van der Waals surface area contributed by atoms with E-state index in [-0.39, 0.29) is 49.2 Å².